The third-order valence-electron chi connectivity index (χ3n) is 11.9. The highest BCUT2D eigenvalue weighted by Gasteiger charge is 2.67. The van der Waals surface area contributed by atoms with Crippen molar-refractivity contribution >= 4 is 11.8 Å². The molecule has 0 heterocycles. The zero-order valence-corrected chi connectivity index (χ0v) is 23.9. The van der Waals surface area contributed by atoms with Gasteiger partial charge < -0.3 is 9.47 Å². The second-order valence-corrected chi connectivity index (χ2v) is 13.8. The molecule has 6 heteroatoms. The third-order valence-corrected chi connectivity index (χ3v) is 11.9. The first kappa shape index (κ1) is 27.3. The molecule has 0 aromatic carbocycles. The van der Waals surface area contributed by atoms with E-state index >= 15 is 0 Å². The molecule has 3 saturated carbocycles. The number of fused-ring (bicyclic) bond motifs is 7. The van der Waals surface area contributed by atoms with Gasteiger partial charge in [0, 0.05) is 11.0 Å². The molecule has 3 fully saturated rings. The standard InChI is InChI=1S/C32H42F2O4/c1-19-20-8-9-23-30(4,21(20)16-22(35)26(19)38-18-25(33)34)13-15-32(6)24-17-29(3,27(36)37-7)11-10-28(24,2)12-14-31(23,32)5/h8-9,16,24-25H,10-15,17-18H2,1-7H3/t24-,28-,29-,30+,31-,32+/m1/s1. The monoisotopic (exact) mass is 528 g/mol. The Bertz CT molecular complexity index is 1210. The molecule has 0 aliphatic heterocycles. The first-order valence-electron chi connectivity index (χ1n) is 14.1. The number of alkyl halides is 2. The van der Waals surface area contributed by atoms with E-state index in [4.69, 9.17) is 9.47 Å². The summed E-state index contributed by atoms with van der Waals surface area (Å²) in [6.07, 6.45) is 10.1. The number of carbonyl (C=O) groups is 2. The molecule has 0 radical (unpaired) electrons. The topological polar surface area (TPSA) is 52.6 Å². The fraction of sp³-hybridized carbons (Fsp3) is 0.688. The first-order valence-corrected chi connectivity index (χ1v) is 14.1. The number of hydrogen-bond acceptors (Lipinski definition) is 4. The summed E-state index contributed by atoms with van der Waals surface area (Å²) in [5, 5.41) is 0. The number of hydrogen-bond donors (Lipinski definition) is 0. The van der Waals surface area contributed by atoms with Crippen LogP contribution in [0.3, 0.4) is 0 Å². The molecule has 5 aliphatic rings. The van der Waals surface area contributed by atoms with Gasteiger partial charge in [-0.15, -0.1) is 0 Å². The molecule has 0 aromatic heterocycles. The summed E-state index contributed by atoms with van der Waals surface area (Å²) in [7, 11) is 1.50. The molecule has 0 bridgehead atoms. The van der Waals surface area contributed by atoms with Crippen LogP contribution in [0, 0.1) is 33.0 Å². The number of methoxy groups -OCH3 is 1. The lowest BCUT2D eigenvalue weighted by molar-refractivity contribution is -0.180. The quantitative estimate of drug-likeness (QED) is 0.354. The Kier molecular flexibility index (Phi) is 6.21. The van der Waals surface area contributed by atoms with Crippen LogP contribution in [0.1, 0.15) is 86.5 Å². The Hall–Kier alpha value is -2.24. The van der Waals surface area contributed by atoms with Crippen LogP contribution in [0.4, 0.5) is 8.78 Å². The SMILES string of the molecule is COC(=O)[C@]1(C)CC[C@]2(C)CC[C@]3(C)C4=CC=C5C(=CC(=O)C(OCC(F)F)=C5C)[C@]4(C)CC[C@@]3(C)[C@@H]2C1. The first-order chi connectivity index (χ1) is 17.7. The van der Waals surface area contributed by atoms with Gasteiger partial charge in [-0.3, -0.25) is 9.59 Å². The smallest absolute Gasteiger partial charge is 0.311 e. The zero-order valence-electron chi connectivity index (χ0n) is 23.9. The van der Waals surface area contributed by atoms with E-state index in [9.17, 15) is 18.4 Å². The van der Waals surface area contributed by atoms with Crippen LogP contribution in [0.25, 0.3) is 0 Å². The Labute approximate surface area is 225 Å². The molecule has 0 spiro atoms. The van der Waals surface area contributed by atoms with E-state index < -0.39 is 18.4 Å². The lowest BCUT2D eigenvalue weighted by Crippen LogP contribution is -2.62. The number of allylic oxidation sites excluding steroid dienone is 7. The molecule has 0 N–H and O–H groups in total. The van der Waals surface area contributed by atoms with Crippen LogP contribution >= 0.6 is 0 Å². The number of carbonyl (C=O) groups excluding carboxylic acids is 2. The number of ether oxygens (including phenoxy) is 2. The van der Waals surface area contributed by atoms with Crippen molar-refractivity contribution in [1.82, 2.24) is 0 Å². The van der Waals surface area contributed by atoms with Gasteiger partial charge in [0.2, 0.25) is 5.78 Å². The van der Waals surface area contributed by atoms with Crippen molar-refractivity contribution in [2.24, 2.45) is 33.0 Å². The van der Waals surface area contributed by atoms with Crippen molar-refractivity contribution in [2.75, 3.05) is 13.7 Å². The van der Waals surface area contributed by atoms with E-state index in [0.29, 0.717) is 11.5 Å². The maximum absolute atomic E-state index is 13.1. The van der Waals surface area contributed by atoms with Crippen molar-refractivity contribution in [2.45, 2.75) is 92.9 Å². The third kappa shape index (κ3) is 3.57. The fourth-order valence-corrected chi connectivity index (χ4v) is 9.21. The predicted octanol–water partition coefficient (Wildman–Crippen LogP) is 7.51. The molecule has 0 unspecified atom stereocenters. The van der Waals surface area contributed by atoms with E-state index in [1.54, 1.807) is 13.0 Å². The van der Waals surface area contributed by atoms with Crippen molar-refractivity contribution < 1.29 is 27.8 Å². The average molecular weight is 529 g/mol. The molecule has 5 rings (SSSR count). The van der Waals surface area contributed by atoms with Crippen molar-refractivity contribution in [3.8, 4) is 0 Å². The van der Waals surface area contributed by atoms with Crippen LogP contribution in [0.15, 0.2) is 46.3 Å². The number of ketones is 1. The summed E-state index contributed by atoms with van der Waals surface area (Å²) < 4.78 is 36.2. The highest BCUT2D eigenvalue weighted by molar-refractivity contribution is 6.07. The van der Waals surface area contributed by atoms with E-state index in [1.165, 1.54) is 12.7 Å². The van der Waals surface area contributed by atoms with E-state index in [1.807, 2.05) is 0 Å². The zero-order chi connectivity index (χ0) is 27.9. The molecular weight excluding hydrogens is 486 g/mol. The molecule has 0 aromatic rings. The van der Waals surface area contributed by atoms with Gasteiger partial charge >= 0.3 is 5.97 Å². The maximum atomic E-state index is 13.1. The largest absolute Gasteiger partial charge is 0.483 e. The molecule has 208 valence electrons. The van der Waals surface area contributed by atoms with Crippen LogP contribution in [-0.2, 0) is 19.1 Å². The lowest BCUT2D eigenvalue weighted by atomic mass is 9.34. The Morgan fingerprint density at radius 1 is 1.03 bits per heavy atom. The van der Waals surface area contributed by atoms with Gasteiger partial charge in [-0.2, -0.15) is 0 Å². The summed E-state index contributed by atoms with van der Waals surface area (Å²) in [6.45, 7) is 12.6. The van der Waals surface area contributed by atoms with Gasteiger partial charge in [-0.25, -0.2) is 8.78 Å². The van der Waals surface area contributed by atoms with E-state index in [0.717, 1.165) is 56.1 Å². The molecule has 4 nitrogen and oxygen atoms in total. The molecule has 0 saturated heterocycles. The number of halogens is 2. The molecular formula is C32H42F2O4. The summed E-state index contributed by atoms with van der Waals surface area (Å²) >= 11 is 0. The number of esters is 1. The van der Waals surface area contributed by atoms with Crippen LogP contribution in [0.2, 0.25) is 0 Å². The minimum Gasteiger partial charge on any atom is -0.483 e. The van der Waals surface area contributed by atoms with Gasteiger partial charge in [-0.05, 0) is 98.2 Å². The van der Waals surface area contributed by atoms with Crippen LogP contribution in [-0.4, -0.2) is 31.9 Å². The average Bonchev–Trinajstić information content (AvgIpc) is 2.86. The second-order valence-electron chi connectivity index (χ2n) is 13.8. The summed E-state index contributed by atoms with van der Waals surface area (Å²) in [6, 6.07) is 0. The lowest BCUT2D eigenvalue weighted by Gasteiger charge is -2.70. The molecule has 38 heavy (non-hydrogen) atoms. The van der Waals surface area contributed by atoms with Gasteiger partial charge in [-0.1, -0.05) is 45.4 Å². The van der Waals surface area contributed by atoms with Gasteiger partial charge in [0.1, 0.15) is 6.61 Å². The Morgan fingerprint density at radius 3 is 2.37 bits per heavy atom. The van der Waals surface area contributed by atoms with Gasteiger partial charge in [0.05, 0.1) is 12.5 Å². The maximum Gasteiger partial charge on any atom is 0.311 e. The minimum atomic E-state index is -2.63. The van der Waals surface area contributed by atoms with Crippen LogP contribution < -0.4 is 0 Å². The predicted molar refractivity (Wildman–Crippen MR) is 142 cm³/mol. The Balaban J connectivity index is 1.58. The summed E-state index contributed by atoms with van der Waals surface area (Å²) in [4.78, 5) is 26.0. The summed E-state index contributed by atoms with van der Waals surface area (Å²) in [5.41, 5.74) is 3.18. The molecule has 5 aliphatic carbocycles. The molecule has 0 amide bonds. The normalized spacial score (nSPS) is 42.2. The van der Waals surface area contributed by atoms with E-state index in [2.05, 4.69) is 46.8 Å². The number of rotatable bonds is 4. The van der Waals surface area contributed by atoms with Crippen molar-refractivity contribution in [3.05, 3.63) is 46.3 Å². The van der Waals surface area contributed by atoms with Crippen molar-refractivity contribution in [3.63, 3.8) is 0 Å². The molecule has 6 atom stereocenters. The highest BCUT2D eigenvalue weighted by Crippen LogP contribution is 2.75. The highest BCUT2D eigenvalue weighted by atomic mass is 19.3. The fourth-order valence-electron chi connectivity index (χ4n) is 9.21. The van der Waals surface area contributed by atoms with E-state index in [-0.39, 0.29) is 39.2 Å². The minimum absolute atomic E-state index is 0.0119. The van der Waals surface area contributed by atoms with Gasteiger partial charge in [0.25, 0.3) is 6.43 Å². The second kappa shape index (κ2) is 8.63. The summed E-state index contributed by atoms with van der Waals surface area (Å²) in [5.74, 6) is -0.0159. The van der Waals surface area contributed by atoms with Gasteiger partial charge in [0.15, 0.2) is 5.76 Å². The van der Waals surface area contributed by atoms with Crippen molar-refractivity contribution in [1.29, 1.82) is 0 Å². The van der Waals surface area contributed by atoms with Crippen LogP contribution in [0.5, 0.6) is 0 Å². The Morgan fingerprint density at radius 2 is 1.71 bits per heavy atom.